The Morgan fingerprint density at radius 2 is 1.47 bits per heavy atom. The molecule has 6 atom stereocenters. The molecule has 4 aliphatic heterocycles. The number of aliphatic hydroxyl groups excluding tert-OH is 1. The molecule has 4 aliphatic rings. The molecular formula is C58H57N7O9. The minimum Gasteiger partial charge on any atom is -0.491 e. The highest BCUT2D eigenvalue weighted by Crippen LogP contribution is 2.66. The van der Waals surface area contributed by atoms with Gasteiger partial charge in [0.05, 0.1) is 43.4 Å². The Morgan fingerprint density at radius 3 is 2.18 bits per heavy atom. The Kier molecular flexibility index (Phi) is 14.8. The van der Waals surface area contributed by atoms with E-state index in [1.807, 2.05) is 102 Å². The lowest BCUT2D eigenvalue weighted by atomic mass is 9.64. The van der Waals surface area contributed by atoms with Gasteiger partial charge in [0.15, 0.2) is 0 Å². The van der Waals surface area contributed by atoms with Crippen LogP contribution in [0.4, 0.5) is 16.4 Å². The van der Waals surface area contributed by atoms with Crippen LogP contribution >= 0.6 is 0 Å². The van der Waals surface area contributed by atoms with Crippen LogP contribution in [-0.2, 0) is 40.6 Å². The lowest BCUT2D eigenvalue weighted by molar-refractivity contribution is -0.179. The summed E-state index contributed by atoms with van der Waals surface area (Å²) in [4.78, 5) is 81.1. The normalized spacial score (nSPS) is 22.2. The van der Waals surface area contributed by atoms with E-state index in [-0.39, 0.29) is 45.2 Å². The van der Waals surface area contributed by atoms with Gasteiger partial charge in [0.1, 0.15) is 36.5 Å². The van der Waals surface area contributed by atoms with Gasteiger partial charge in [0.25, 0.3) is 0 Å². The van der Waals surface area contributed by atoms with Crippen LogP contribution in [0.15, 0.2) is 152 Å². The number of nitrogens with zero attached hydrogens (tertiary/aromatic N) is 7. The third-order valence-corrected chi connectivity index (χ3v) is 14.3. The fourth-order valence-electron chi connectivity index (χ4n) is 11.2. The molecule has 378 valence electrons. The number of esters is 1. The molecule has 0 aliphatic carbocycles. The fourth-order valence-corrected chi connectivity index (χ4v) is 11.2. The van der Waals surface area contributed by atoms with Crippen LogP contribution in [0, 0.1) is 17.8 Å². The smallest absolute Gasteiger partial charge is 0.421 e. The molecule has 5 heterocycles. The van der Waals surface area contributed by atoms with Gasteiger partial charge < -0.3 is 33.9 Å². The van der Waals surface area contributed by atoms with Crippen molar-refractivity contribution in [3.63, 3.8) is 0 Å². The van der Waals surface area contributed by atoms with Gasteiger partial charge in [-0.15, -0.1) is 0 Å². The Morgan fingerprint density at radius 1 is 0.784 bits per heavy atom. The van der Waals surface area contributed by atoms with Gasteiger partial charge >= 0.3 is 12.1 Å². The summed E-state index contributed by atoms with van der Waals surface area (Å²) in [6.07, 6.45) is 1.44. The molecule has 3 fully saturated rings. The van der Waals surface area contributed by atoms with Gasteiger partial charge in [-0.2, -0.15) is 0 Å². The summed E-state index contributed by atoms with van der Waals surface area (Å²) in [5.41, 5.74) is 2.11. The van der Waals surface area contributed by atoms with Crippen molar-refractivity contribution < 1.29 is 43.2 Å². The van der Waals surface area contributed by atoms with Crippen molar-refractivity contribution >= 4 is 35.5 Å². The number of anilines is 2. The third kappa shape index (κ3) is 9.46. The number of hydrogen-bond donors (Lipinski definition) is 1. The zero-order valence-corrected chi connectivity index (χ0v) is 41.2. The van der Waals surface area contributed by atoms with Gasteiger partial charge in [-0.25, -0.2) is 19.7 Å². The Balaban J connectivity index is 1.21. The highest BCUT2D eigenvalue weighted by atomic mass is 16.6. The van der Waals surface area contributed by atoms with Crippen molar-refractivity contribution in [1.29, 1.82) is 0 Å². The standard InChI is InChI=1S/C58H57N7O9/c1-61(39-41-15-6-3-7-16-41)28-13-17-40-24-25-47-46(37-40)58(55(69)64(47)57(70)73-36-35-71-2)48(53(67)62-29-31-63(32-30-62)56-59-26-14-27-60-56)50-54(68)74-51(43-20-10-5-11-21-43)49(42-18-8-4-9-19-42)65(50)52(58)44-22-12-23-45(38-44)72-34-33-66/h3-12,14-16,18-27,37-38,48-52,66H,28-36,39H2,1-2H3/t48-,49-,50-,51+,52+,58-/m1/s1. The van der Waals surface area contributed by atoms with Crippen LogP contribution in [-0.4, -0.2) is 133 Å². The molecule has 74 heavy (non-hydrogen) atoms. The van der Waals surface area contributed by atoms with Crippen molar-refractivity contribution in [2.45, 2.75) is 36.2 Å². The molecular weight excluding hydrogens is 939 g/mol. The lowest BCUT2D eigenvalue weighted by Gasteiger charge is -2.46. The number of piperazine rings is 1. The SMILES string of the molecule is COCCOC(=O)N1C(=O)[C@@]2(c3cc(C#CCN(C)Cc4ccccc4)ccc31)[C@H](c1cccc(OCCO)c1)N1[C@H](c3ccccc3)[C@H](c3ccccc3)OC(=O)[C@H]1[C@@H]2C(=O)N1CCN(c2ncccn2)CC1. The number of benzene rings is 5. The molecule has 1 N–H and O–H groups in total. The summed E-state index contributed by atoms with van der Waals surface area (Å²) < 4.78 is 23.8. The monoisotopic (exact) mass is 995 g/mol. The third-order valence-electron chi connectivity index (χ3n) is 14.3. The van der Waals surface area contributed by atoms with Crippen LogP contribution < -0.4 is 14.5 Å². The first kappa shape index (κ1) is 49.6. The molecule has 0 unspecified atom stereocenters. The number of hydrogen-bond acceptors (Lipinski definition) is 14. The second-order valence-electron chi connectivity index (χ2n) is 18.7. The first-order valence-corrected chi connectivity index (χ1v) is 24.8. The fraction of sp³-hybridized carbons (Fsp3) is 0.310. The molecule has 1 spiro atoms. The summed E-state index contributed by atoms with van der Waals surface area (Å²) in [5.74, 6) is 4.12. The Hall–Kier alpha value is -7.94. The van der Waals surface area contributed by atoms with Gasteiger partial charge in [0, 0.05) is 57.8 Å². The number of aromatic nitrogens is 2. The van der Waals surface area contributed by atoms with Crippen molar-refractivity contribution in [2.24, 2.45) is 5.92 Å². The zero-order chi connectivity index (χ0) is 51.2. The number of carbonyl (C=O) groups is 4. The number of rotatable bonds is 14. The van der Waals surface area contributed by atoms with Gasteiger partial charge in [-0.3, -0.25) is 24.2 Å². The molecule has 3 amide bonds. The summed E-state index contributed by atoms with van der Waals surface area (Å²) in [5, 5.41) is 9.89. The van der Waals surface area contributed by atoms with Crippen molar-refractivity contribution in [3.8, 4) is 17.6 Å². The first-order chi connectivity index (χ1) is 36.2. The van der Waals surface area contributed by atoms with E-state index in [2.05, 4.69) is 38.8 Å². The molecule has 16 heteroatoms. The Labute approximate surface area is 430 Å². The molecule has 6 aromatic rings. The van der Waals surface area contributed by atoms with E-state index in [0.717, 1.165) is 16.0 Å². The van der Waals surface area contributed by atoms with Crippen molar-refractivity contribution in [1.82, 2.24) is 24.7 Å². The molecule has 16 nitrogen and oxygen atoms in total. The maximum absolute atomic E-state index is 16.7. The first-order valence-electron chi connectivity index (χ1n) is 24.8. The van der Waals surface area contributed by atoms with E-state index < -0.39 is 59.4 Å². The second-order valence-corrected chi connectivity index (χ2v) is 18.7. The van der Waals surface area contributed by atoms with Gasteiger partial charge in [-0.05, 0) is 71.3 Å². The number of amides is 3. The number of cyclic esters (lactones) is 1. The molecule has 0 saturated carbocycles. The van der Waals surface area contributed by atoms with Crippen molar-refractivity contribution in [3.05, 3.63) is 185 Å². The summed E-state index contributed by atoms with van der Waals surface area (Å²) in [7, 11) is 3.46. The van der Waals surface area contributed by atoms with E-state index in [0.29, 0.717) is 60.1 Å². The van der Waals surface area contributed by atoms with E-state index in [1.54, 1.807) is 59.8 Å². The highest BCUT2D eigenvalue weighted by molar-refractivity contribution is 6.23. The summed E-state index contributed by atoms with van der Waals surface area (Å²) >= 11 is 0. The van der Waals surface area contributed by atoms with Crippen LogP contribution in [0.5, 0.6) is 5.75 Å². The number of methoxy groups -OCH3 is 1. The van der Waals surface area contributed by atoms with Crippen LogP contribution in [0.3, 0.4) is 0 Å². The highest BCUT2D eigenvalue weighted by Gasteiger charge is 2.76. The topological polar surface area (TPSA) is 167 Å². The number of carbonyl (C=O) groups excluding carboxylic acids is 4. The summed E-state index contributed by atoms with van der Waals surface area (Å²) in [6.45, 7) is 1.83. The molecule has 3 saturated heterocycles. The van der Waals surface area contributed by atoms with Crippen molar-refractivity contribution in [2.75, 3.05) is 83.1 Å². The van der Waals surface area contributed by atoms with Crippen LogP contribution in [0.2, 0.25) is 0 Å². The maximum atomic E-state index is 16.7. The summed E-state index contributed by atoms with van der Waals surface area (Å²) in [6, 6.07) is 39.9. The number of imide groups is 1. The predicted octanol–water partition coefficient (Wildman–Crippen LogP) is 6.13. The largest absolute Gasteiger partial charge is 0.491 e. The lowest BCUT2D eigenvalue weighted by Crippen LogP contribution is -2.59. The Bertz CT molecular complexity index is 3020. The van der Waals surface area contributed by atoms with Gasteiger partial charge in [0.2, 0.25) is 17.8 Å². The molecule has 0 bridgehead atoms. The predicted molar refractivity (Wildman–Crippen MR) is 275 cm³/mol. The quantitative estimate of drug-likeness (QED) is 0.0753. The zero-order valence-electron chi connectivity index (χ0n) is 41.2. The average Bonchev–Trinajstić information content (AvgIpc) is 3.90. The second kappa shape index (κ2) is 22.0. The number of ether oxygens (including phenoxy) is 4. The van der Waals surface area contributed by atoms with E-state index in [9.17, 15) is 9.90 Å². The number of morpholine rings is 1. The van der Waals surface area contributed by atoms with E-state index in [4.69, 9.17) is 18.9 Å². The van der Waals surface area contributed by atoms with Crippen LogP contribution in [0.25, 0.3) is 0 Å². The van der Waals surface area contributed by atoms with Gasteiger partial charge in [-0.1, -0.05) is 115 Å². The van der Waals surface area contributed by atoms with E-state index >= 15 is 14.4 Å². The molecule has 1 aromatic heterocycles. The molecule has 10 rings (SSSR count). The van der Waals surface area contributed by atoms with E-state index in [1.165, 1.54) is 7.11 Å². The van der Waals surface area contributed by atoms with Crippen LogP contribution in [0.1, 0.15) is 51.6 Å². The molecule has 5 aromatic carbocycles. The number of aliphatic hydroxyl groups is 1. The molecule has 0 radical (unpaired) electrons. The number of fused-ring (bicyclic) bond motifs is 3. The average molecular weight is 996 g/mol. The minimum atomic E-state index is -2.04. The minimum absolute atomic E-state index is 0.0207. The maximum Gasteiger partial charge on any atom is 0.421 e.